The van der Waals surface area contributed by atoms with E-state index in [1.54, 1.807) is 12.7 Å². The maximum absolute atomic E-state index is 13.6. The van der Waals surface area contributed by atoms with Crippen molar-refractivity contribution in [2.24, 2.45) is 46.3 Å². The molecule has 0 spiro atoms. The number of carbonyl (C=O) groups is 1. The molecular formula is C44H65N2O3+. The number of rotatable bonds is 10. The summed E-state index contributed by atoms with van der Waals surface area (Å²) < 4.78 is 16.4. The van der Waals surface area contributed by atoms with Crippen molar-refractivity contribution < 1.29 is 18.8 Å². The minimum Gasteiger partial charge on any atom is -0.497 e. The summed E-state index contributed by atoms with van der Waals surface area (Å²) in [4.78, 5) is 13.6. The molecule has 3 saturated carbocycles. The number of hydrogen-bond acceptors (Lipinski definition) is 3. The minimum atomic E-state index is -0.0836. The first-order valence-electron chi connectivity index (χ1n) is 20.3. The van der Waals surface area contributed by atoms with Gasteiger partial charge in [0.2, 0.25) is 0 Å². The Kier molecular flexibility index (Phi) is 10.1. The van der Waals surface area contributed by atoms with Crippen molar-refractivity contribution >= 4 is 5.97 Å². The summed E-state index contributed by atoms with van der Waals surface area (Å²) in [7, 11) is 1.71. The third kappa shape index (κ3) is 6.66. The van der Waals surface area contributed by atoms with Crippen molar-refractivity contribution in [3.63, 3.8) is 0 Å². The topological polar surface area (TPSA) is 44.3 Å². The van der Waals surface area contributed by atoms with Crippen molar-refractivity contribution in [2.45, 2.75) is 150 Å². The van der Waals surface area contributed by atoms with Gasteiger partial charge in [0.1, 0.15) is 18.1 Å². The van der Waals surface area contributed by atoms with Crippen LogP contribution in [0.4, 0.5) is 0 Å². The van der Waals surface area contributed by atoms with Crippen LogP contribution in [0.2, 0.25) is 0 Å². The van der Waals surface area contributed by atoms with Crippen molar-refractivity contribution in [1.29, 1.82) is 0 Å². The standard InChI is InChI=1S/C44H65N2O3/c1-30(2)11-10-12-31(3)37-20-21-38-36-19-16-33-27-35(22-24-43(33,4)39(36)23-25-44(37,38)5)49-42(47)29-45-28-40(32-14-17-34(48-6)18-15-32)46-26-9-7-8-13-41(45)46/h14-18,28,30-31,35-39H,7-13,19-27,29H2,1-6H3/q+1/t31-,35+,36-,37+,38-,39-,43-,44+/m0/s1. The molecule has 0 unspecified atom stereocenters. The Morgan fingerprint density at radius 2 is 1.80 bits per heavy atom. The molecule has 49 heavy (non-hydrogen) atoms. The molecule has 2 aromatic rings. The molecule has 0 N–H and O–H groups in total. The highest BCUT2D eigenvalue weighted by molar-refractivity contribution is 5.68. The average Bonchev–Trinajstić information content (AvgIpc) is 3.50. The number of esters is 1. The Balaban J connectivity index is 1.00. The number of carbonyl (C=O) groups excluding carboxylic acids is 1. The molecule has 0 radical (unpaired) electrons. The Bertz CT molecular complexity index is 1500. The van der Waals surface area contributed by atoms with E-state index in [1.807, 2.05) is 12.1 Å². The molecule has 268 valence electrons. The van der Waals surface area contributed by atoms with E-state index in [4.69, 9.17) is 9.47 Å². The van der Waals surface area contributed by atoms with E-state index in [0.717, 1.165) is 85.5 Å². The van der Waals surface area contributed by atoms with Gasteiger partial charge in [0.15, 0.2) is 12.2 Å². The zero-order chi connectivity index (χ0) is 34.3. The Morgan fingerprint density at radius 1 is 0.980 bits per heavy atom. The van der Waals surface area contributed by atoms with Crippen molar-refractivity contribution in [2.75, 3.05) is 7.11 Å². The zero-order valence-electron chi connectivity index (χ0n) is 31.6. The lowest BCUT2D eigenvalue weighted by molar-refractivity contribution is -0.692. The van der Waals surface area contributed by atoms with E-state index in [0.29, 0.717) is 12.0 Å². The molecule has 2 heterocycles. The van der Waals surface area contributed by atoms with Crippen LogP contribution in [-0.4, -0.2) is 23.8 Å². The number of methoxy groups -OCH3 is 1. The van der Waals surface area contributed by atoms with Crippen molar-refractivity contribution in [3.05, 3.63) is 47.9 Å². The lowest BCUT2D eigenvalue weighted by atomic mass is 9.47. The molecule has 8 atom stereocenters. The lowest BCUT2D eigenvalue weighted by Crippen LogP contribution is -2.51. The third-order valence-electron chi connectivity index (χ3n) is 14.7. The smallest absolute Gasteiger partial charge is 0.348 e. The summed E-state index contributed by atoms with van der Waals surface area (Å²) in [6, 6.07) is 8.31. The number of fused-ring (bicyclic) bond motifs is 6. The first-order chi connectivity index (χ1) is 23.6. The largest absolute Gasteiger partial charge is 0.497 e. The number of allylic oxidation sites excluding steroid dienone is 1. The lowest BCUT2D eigenvalue weighted by Gasteiger charge is -2.58. The van der Waals surface area contributed by atoms with Crippen molar-refractivity contribution in [1.82, 2.24) is 4.57 Å². The number of aromatic nitrogens is 2. The van der Waals surface area contributed by atoms with Gasteiger partial charge < -0.3 is 9.47 Å². The minimum absolute atomic E-state index is 0.00246. The Hall–Kier alpha value is -2.56. The summed E-state index contributed by atoms with van der Waals surface area (Å²) in [5.41, 5.74) is 4.74. The van der Waals surface area contributed by atoms with E-state index in [-0.39, 0.29) is 17.5 Å². The van der Waals surface area contributed by atoms with Crippen LogP contribution in [0.5, 0.6) is 5.75 Å². The van der Waals surface area contributed by atoms with Gasteiger partial charge in [-0.15, -0.1) is 0 Å². The predicted octanol–water partition coefficient (Wildman–Crippen LogP) is 10.1. The van der Waals surface area contributed by atoms with Gasteiger partial charge in [-0.1, -0.05) is 65.5 Å². The molecule has 4 aliphatic carbocycles. The fourth-order valence-electron chi connectivity index (χ4n) is 12.1. The molecule has 0 saturated heterocycles. The van der Waals surface area contributed by atoms with E-state index in [9.17, 15) is 4.79 Å². The first-order valence-corrected chi connectivity index (χ1v) is 20.3. The SMILES string of the molecule is COc1ccc(-c2c[n+](CC(=O)O[C@@H]3CC[C@@]4(C)C(=CC[C@H]5[C@@H]6CC[C@H]([C@@H](C)CCCC(C)C)[C@@]6(C)CC[C@@H]54)C3)c3n2CCCCC3)cc1. The molecule has 0 bridgehead atoms. The molecule has 0 amide bonds. The fraction of sp³-hybridized carbons (Fsp3) is 0.727. The molecular weight excluding hydrogens is 604 g/mol. The number of ether oxygens (including phenoxy) is 2. The molecule has 7 rings (SSSR count). The van der Waals surface area contributed by atoms with Crippen LogP contribution >= 0.6 is 0 Å². The van der Waals surface area contributed by atoms with E-state index >= 15 is 0 Å². The fourth-order valence-corrected chi connectivity index (χ4v) is 12.1. The van der Waals surface area contributed by atoms with E-state index < -0.39 is 0 Å². The summed E-state index contributed by atoms with van der Waals surface area (Å²) in [6.45, 7) is 13.9. The van der Waals surface area contributed by atoms with Gasteiger partial charge in [-0.3, -0.25) is 0 Å². The van der Waals surface area contributed by atoms with Gasteiger partial charge >= 0.3 is 5.97 Å². The third-order valence-corrected chi connectivity index (χ3v) is 14.7. The van der Waals surface area contributed by atoms with Gasteiger partial charge in [0, 0.05) is 18.4 Å². The van der Waals surface area contributed by atoms with Gasteiger partial charge in [-0.25, -0.2) is 13.9 Å². The molecule has 5 nitrogen and oxygen atoms in total. The second-order valence-corrected chi connectivity index (χ2v) is 17.9. The number of nitrogens with zero attached hydrogens (tertiary/aromatic N) is 2. The number of imidazole rings is 1. The zero-order valence-corrected chi connectivity index (χ0v) is 31.6. The molecule has 5 heteroatoms. The number of benzene rings is 1. The monoisotopic (exact) mass is 669 g/mol. The summed E-state index contributed by atoms with van der Waals surface area (Å²) in [6.07, 6.45) is 23.6. The second-order valence-electron chi connectivity index (χ2n) is 17.9. The molecule has 5 aliphatic rings. The van der Waals surface area contributed by atoms with Crippen LogP contribution in [-0.2, 0) is 29.0 Å². The normalized spacial score (nSPS) is 33.0. The van der Waals surface area contributed by atoms with Gasteiger partial charge in [0.25, 0.3) is 5.82 Å². The van der Waals surface area contributed by atoms with Crippen LogP contribution in [0.15, 0.2) is 42.1 Å². The maximum atomic E-state index is 13.6. The van der Waals surface area contributed by atoms with Crippen LogP contribution < -0.4 is 9.30 Å². The summed E-state index contributed by atoms with van der Waals surface area (Å²) in [5.74, 6) is 7.12. The Labute approximate surface area is 297 Å². The second kappa shape index (κ2) is 14.2. The highest BCUT2D eigenvalue weighted by atomic mass is 16.5. The van der Waals surface area contributed by atoms with Crippen LogP contribution in [0.25, 0.3) is 11.3 Å². The van der Waals surface area contributed by atoms with E-state index in [2.05, 4.69) is 68.2 Å². The van der Waals surface area contributed by atoms with Gasteiger partial charge in [0.05, 0.1) is 13.7 Å². The highest BCUT2D eigenvalue weighted by Gasteiger charge is 2.59. The van der Waals surface area contributed by atoms with Crippen LogP contribution in [0.1, 0.15) is 130 Å². The molecule has 1 aromatic carbocycles. The quantitative estimate of drug-likeness (QED) is 0.144. The van der Waals surface area contributed by atoms with Crippen LogP contribution in [0.3, 0.4) is 0 Å². The molecule has 3 fully saturated rings. The predicted molar refractivity (Wildman–Crippen MR) is 197 cm³/mol. The van der Waals surface area contributed by atoms with Crippen molar-refractivity contribution in [3.8, 4) is 17.0 Å². The average molecular weight is 670 g/mol. The van der Waals surface area contributed by atoms with Crippen LogP contribution in [0, 0.1) is 46.3 Å². The van der Waals surface area contributed by atoms with E-state index in [1.165, 1.54) is 75.7 Å². The summed E-state index contributed by atoms with van der Waals surface area (Å²) >= 11 is 0. The Morgan fingerprint density at radius 3 is 2.57 bits per heavy atom. The number of hydrogen-bond donors (Lipinski definition) is 0. The van der Waals surface area contributed by atoms with Gasteiger partial charge in [-0.2, -0.15) is 0 Å². The molecule has 1 aliphatic heterocycles. The van der Waals surface area contributed by atoms with Gasteiger partial charge in [-0.05, 0) is 135 Å². The summed E-state index contributed by atoms with van der Waals surface area (Å²) in [5, 5.41) is 0. The molecule has 1 aromatic heterocycles. The highest BCUT2D eigenvalue weighted by Crippen LogP contribution is 2.67. The maximum Gasteiger partial charge on any atom is 0.348 e. The first kappa shape index (κ1) is 34.9.